The predicted octanol–water partition coefficient (Wildman–Crippen LogP) is 2.57. The highest BCUT2D eigenvalue weighted by Crippen LogP contribution is 2.24. The Morgan fingerprint density at radius 1 is 1.21 bits per heavy atom. The van der Waals surface area contributed by atoms with Crippen LogP contribution in [0.5, 0.6) is 0 Å². The summed E-state index contributed by atoms with van der Waals surface area (Å²) in [6, 6.07) is 9.38. The number of thioether (sulfide) groups is 1. The molecule has 0 aliphatic rings. The number of hydrogen-bond acceptors (Lipinski definition) is 7. The topological polar surface area (TPSA) is 103 Å². The van der Waals surface area contributed by atoms with Crippen molar-refractivity contribution in [2.75, 3.05) is 5.32 Å². The van der Waals surface area contributed by atoms with Crippen LogP contribution in [0.25, 0.3) is 11.5 Å². The molecule has 4 aromatic rings. The summed E-state index contributed by atoms with van der Waals surface area (Å²) in [6.45, 7) is 5.46. The fourth-order valence-corrected chi connectivity index (χ4v) is 3.65. The van der Waals surface area contributed by atoms with Crippen LogP contribution in [0.15, 0.2) is 41.7 Å². The van der Waals surface area contributed by atoms with Crippen molar-refractivity contribution in [1.29, 1.82) is 0 Å². The molecule has 142 valence electrons. The van der Waals surface area contributed by atoms with Gasteiger partial charge in [0.25, 0.3) is 0 Å². The van der Waals surface area contributed by atoms with Gasteiger partial charge in [0.2, 0.25) is 16.8 Å². The molecule has 0 aliphatic heterocycles. The first kappa shape index (κ1) is 18.1. The molecule has 0 saturated carbocycles. The number of fused-ring (bicyclic) bond motifs is 1. The monoisotopic (exact) mass is 394 g/mol. The SMILES string of the molecule is CC(=O)Nc1cccc(-n2nnnc2SCc2cn3c(C)cc(C)nc3n2)c1. The van der Waals surface area contributed by atoms with Gasteiger partial charge in [-0.15, -0.1) is 5.10 Å². The highest BCUT2D eigenvalue weighted by Gasteiger charge is 2.12. The molecule has 1 aromatic carbocycles. The van der Waals surface area contributed by atoms with Crippen molar-refractivity contribution in [3.63, 3.8) is 0 Å². The molecule has 3 heterocycles. The van der Waals surface area contributed by atoms with E-state index in [-0.39, 0.29) is 5.91 Å². The number of tetrazole rings is 1. The molecule has 28 heavy (non-hydrogen) atoms. The third kappa shape index (κ3) is 3.72. The number of carbonyl (C=O) groups is 1. The number of rotatable bonds is 5. The van der Waals surface area contributed by atoms with Gasteiger partial charge < -0.3 is 5.32 Å². The number of benzene rings is 1. The highest BCUT2D eigenvalue weighted by molar-refractivity contribution is 7.98. The first-order valence-corrected chi connectivity index (χ1v) is 9.59. The maximum absolute atomic E-state index is 11.3. The van der Waals surface area contributed by atoms with Gasteiger partial charge in [0.05, 0.1) is 11.4 Å². The second kappa shape index (κ2) is 7.39. The number of anilines is 1. The van der Waals surface area contributed by atoms with Gasteiger partial charge in [-0.1, -0.05) is 17.8 Å². The molecule has 0 aliphatic carbocycles. The van der Waals surface area contributed by atoms with Crippen molar-refractivity contribution in [3.05, 3.63) is 53.6 Å². The molecule has 0 unspecified atom stereocenters. The van der Waals surface area contributed by atoms with Crippen molar-refractivity contribution in [3.8, 4) is 5.69 Å². The maximum Gasteiger partial charge on any atom is 0.234 e. The van der Waals surface area contributed by atoms with E-state index in [4.69, 9.17) is 0 Å². The largest absolute Gasteiger partial charge is 0.326 e. The van der Waals surface area contributed by atoms with Crippen LogP contribution in [0.3, 0.4) is 0 Å². The van der Waals surface area contributed by atoms with E-state index in [0.29, 0.717) is 22.4 Å². The van der Waals surface area contributed by atoms with Gasteiger partial charge in [0.15, 0.2) is 0 Å². The third-order valence-corrected chi connectivity index (χ3v) is 4.97. The van der Waals surface area contributed by atoms with Crippen molar-refractivity contribution < 1.29 is 4.79 Å². The van der Waals surface area contributed by atoms with Crippen LogP contribution in [-0.4, -0.2) is 40.5 Å². The van der Waals surface area contributed by atoms with E-state index in [1.54, 1.807) is 4.68 Å². The Morgan fingerprint density at radius 2 is 2.07 bits per heavy atom. The Morgan fingerprint density at radius 3 is 2.89 bits per heavy atom. The third-order valence-electron chi connectivity index (χ3n) is 4.01. The van der Waals surface area contributed by atoms with Gasteiger partial charge in [-0.2, -0.15) is 4.68 Å². The number of nitrogens with one attached hydrogen (secondary N) is 1. The van der Waals surface area contributed by atoms with Crippen molar-refractivity contribution in [2.45, 2.75) is 31.7 Å². The van der Waals surface area contributed by atoms with Gasteiger partial charge in [-0.05, 0) is 48.5 Å². The number of imidazole rings is 1. The molecule has 0 fully saturated rings. The van der Waals surface area contributed by atoms with E-state index in [2.05, 4.69) is 30.8 Å². The molecule has 0 bridgehead atoms. The quantitative estimate of drug-likeness (QED) is 0.519. The second-order valence-corrected chi connectivity index (χ2v) is 7.28. The average molecular weight is 394 g/mol. The molecular weight excluding hydrogens is 376 g/mol. The van der Waals surface area contributed by atoms with Gasteiger partial charge in [-0.3, -0.25) is 9.20 Å². The van der Waals surface area contributed by atoms with Gasteiger partial charge in [0.1, 0.15) is 0 Å². The lowest BCUT2D eigenvalue weighted by molar-refractivity contribution is -0.114. The van der Waals surface area contributed by atoms with Gasteiger partial charge >= 0.3 is 0 Å². The summed E-state index contributed by atoms with van der Waals surface area (Å²) >= 11 is 1.48. The average Bonchev–Trinajstić information content (AvgIpc) is 3.26. The molecule has 1 N–H and O–H groups in total. The van der Waals surface area contributed by atoms with Crippen LogP contribution in [-0.2, 0) is 10.5 Å². The summed E-state index contributed by atoms with van der Waals surface area (Å²) in [5.74, 6) is 1.17. The zero-order valence-electron chi connectivity index (χ0n) is 15.6. The van der Waals surface area contributed by atoms with E-state index in [9.17, 15) is 4.79 Å². The molecule has 10 heteroatoms. The molecule has 1 amide bonds. The summed E-state index contributed by atoms with van der Waals surface area (Å²) in [4.78, 5) is 20.3. The smallest absolute Gasteiger partial charge is 0.234 e. The summed E-state index contributed by atoms with van der Waals surface area (Å²) < 4.78 is 3.61. The Balaban J connectivity index is 1.56. The summed E-state index contributed by atoms with van der Waals surface area (Å²) in [5.41, 5.74) is 4.38. The lowest BCUT2D eigenvalue weighted by Gasteiger charge is -2.06. The van der Waals surface area contributed by atoms with E-state index >= 15 is 0 Å². The van der Waals surface area contributed by atoms with E-state index < -0.39 is 0 Å². The molecule has 9 nitrogen and oxygen atoms in total. The van der Waals surface area contributed by atoms with Crippen LogP contribution in [0.2, 0.25) is 0 Å². The van der Waals surface area contributed by atoms with E-state index in [1.807, 2.05) is 54.8 Å². The van der Waals surface area contributed by atoms with Crippen LogP contribution in [0.1, 0.15) is 24.0 Å². The Hall–Kier alpha value is -3.27. The van der Waals surface area contributed by atoms with Crippen molar-refractivity contribution in [2.24, 2.45) is 0 Å². The summed E-state index contributed by atoms with van der Waals surface area (Å²) in [7, 11) is 0. The fourth-order valence-electron chi connectivity index (χ4n) is 2.88. The molecule has 3 aromatic heterocycles. The second-order valence-electron chi connectivity index (χ2n) is 6.33. The number of aryl methyl sites for hydroxylation is 2. The minimum Gasteiger partial charge on any atom is -0.326 e. The van der Waals surface area contributed by atoms with E-state index in [1.165, 1.54) is 18.7 Å². The molecule has 0 atom stereocenters. The molecule has 0 spiro atoms. The minimum absolute atomic E-state index is 0.130. The predicted molar refractivity (Wildman–Crippen MR) is 105 cm³/mol. The Kier molecular flexibility index (Phi) is 4.78. The highest BCUT2D eigenvalue weighted by atomic mass is 32.2. The molecular formula is C18H18N8OS. The lowest BCUT2D eigenvalue weighted by Crippen LogP contribution is -2.07. The zero-order chi connectivity index (χ0) is 19.7. The molecule has 0 radical (unpaired) electrons. The van der Waals surface area contributed by atoms with Crippen LogP contribution in [0.4, 0.5) is 5.69 Å². The van der Waals surface area contributed by atoms with Crippen molar-refractivity contribution in [1.82, 2.24) is 34.6 Å². The van der Waals surface area contributed by atoms with Crippen molar-refractivity contribution >= 4 is 29.1 Å². The molecule has 4 rings (SSSR count). The van der Waals surface area contributed by atoms with Crippen LogP contribution in [0, 0.1) is 13.8 Å². The van der Waals surface area contributed by atoms with Gasteiger partial charge in [0, 0.05) is 35.9 Å². The first-order valence-electron chi connectivity index (χ1n) is 8.61. The molecule has 0 saturated heterocycles. The van der Waals surface area contributed by atoms with Gasteiger partial charge in [-0.25, -0.2) is 9.97 Å². The van der Waals surface area contributed by atoms with Crippen LogP contribution < -0.4 is 5.32 Å². The van der Waals surface area contributed by atoms with Crippen LogP contribution >= 0.6 is 11.8 Å². The number of carbonyl (C=O) groups excluding carboxylic acids is 1. The summed E-state index contributed by atoms with van der Waals surface area (Å²) in [5, 5.41) is 15.4. The number of hydrogen-bond donors (Lipinski definition) is 1. The number of aromatic nitrogens is 7. The number of nitrogens with zero attached hydrogens (tertiary/aromatic N) is 7. The summed E-state index contributed by atoms with van der Waals surface area (Å²) in [6.07, 6.45) is 1.98. The Labute approximate surface area is 165 Å². The lowest BCUT2D eigenvalue weighted by atomic mass is 10.3. The maximum atomic E-state index is 11.3. The first-order chi connectivity index (χ1) is 13.5. The zero-order valence-corrected chi connectivity index (χ0v) is 16.4. The fraction of sp³-hybridized carbons (Fsp3) is 0.222. The minimum atomic E-state index is -0.130. The standard InChI is InChI=1S/C18H18N8OS/c1-11-7-12(2)25-9-15(21-17(25)19-11)10-28-18-22-23-24-26(18)16-6-4-5-14(8-16)20-13(3)27/h4-9H,10H2,1-3H3,(H,20,27). The normalized spacial score (nSPS) is 11.1. The Bertz CT molecular complexity index is 1170. The number of amides is 1. The van der Waals surface area contributed by atoms with E-state index in [0.717, 1.165) is 22.8 Å².